The predicted octanol–water partition coefficient (Wildman–Crippen LogP) is 5.65. The molecule has 0 spiro atoms. The van der Waals surface area contributed by atoms with Crippen molar-refractivity contribution in [3.05, 3.63) is 87.0 Å². The van der Waals surface area contributed by atoms with Crippen molar-refractivity contribution in [3.63, 3.8) is 0 Å². The smallest absolute Gasteiger partial charge is 0.307 e. The number of hydrogen-bond donors (Lipinski definition) is 1. The van der Waals surface area contributed by atoms with Crippen molar-refractivity contribution in [3.8, 4) is 5.69 Å². The van der Waals surface area contributed by atoms with Crippen LogP contribution in [0.15, 0.2) is 79.3 Å². The van der Waals surface area contributed by atoms with E-state index < -0.39 is 5.91 Å². The molecule has 28 heavy (non-hydrogen) atoms. The van der Waals surface area contributed by atoms with E-state index in [2.05, 4.69) is 42.4 Å². The average molecular weight is 505 g/mol. The van der Waals surface area contributed by atoms with E-state index in [4.69, 9.17) is 4.42 Å². The Balaban J connectivity index is 1.51. The number of amides is 1. The number of benzene rings is 2. The van der Waals surface area contributed by atoms with E-state index in [0.29, 0.717) is 5.58 Å². The first kappa shape index (κ1) is 18.6. The number of aromatic nitrogens is 1. The Bertz CT molecular complexity index is 1200. The second kappa shape index (κ2) is 7.73. The monoisotopic (exact) mass is 503 g/mol. The van der Waals surface area contributed by atoms with Crippen LogP contribution in [0.1, 0.15) is 16.2 Å². The summed E-state index contributed by atoms with van der Waals surface area (Å²) >= 11 is 6.82. The first-order valence-electron chi connectivity index (χ1n) is 8.16. The highest BCUT2D eigenvalue weighted by Gasteiger charge is 2.14. The molecule has 2 heterocycles. The molecule has 0 fully saturated rings. The van der Waals surface area contributed by atoms with Gasteiger partial charge in [-0.2, -0.15) is 5.10 Å². The lowest BCUT2D eigenvalue weighted by molar-refractivity contribution is 0.0929. The van der Waals surface area contributed by atoms with Gasteiger partial charge >= 0.3 is 5.91 Å². The van der Waals surface area contributed by atoms with Gasteiger partial charge in [0.2, 0.25) is 0 Å². The summed E-state index contributed by atoms with van der Waals surface area (Å²) in [5, 5.41) is 4.80. The van der Waals surface area contributed by atoms with E-state index in [-0.39, 0.29) is 11.6 Å². The van der Waals surface area contributed by atoms with Gasteiger partial charge in [0.05, 0.1) is 16.4 Å². The lowest BCUT2D eigenvalue weighted by Crippen LogP contribution is -2.17. The SMILES string of the molecule is O=C(N/N=C\c1cccn1-c1ccc(F)cc1)c1cc2cc(Br)cc(Br)c2o1. The van der Waals surface area contributed by atoms with Gasteiger partial charge in [0.15, 0.2) is 5.76 Å². The molecule has 0 aliphatic carbocycles. The average Bonchev–Trinajstić information content (AvgIpc) is 3.29. The van der Waals surface area contributed by atoms with Gasteiger partial charge in [-0.15, -0.1) is 0 Å². The van der Waals surface area contributed by atoms with Crippen LogP contribution in [0.2, 0.25) is 0 Å². The number of hydrazone groups is 1. The summed E-state index contributed by atoms with van der Waals surface area (Å²) in [5.41, 5.74) is 4.55. The number of fused-ring (bicyclic) bond motifs is 1. The Morgan fingerprint density at radius 2 is 1.93 bits per heavy atom. The van der Waals surface area contributed by atoms with Gasteiger partial charge in [-0.05, 0) is 70.5 Å². The predicted molar refractivity (Wildman–Crippen MR) is 112 cm³/mol. The molecule has 140 valence electrons. The van der Waals surface area contributed by atoms with Gasteiger partial charge in [0.25, 0.3) is 0 Å². The number of halogens is 3. The van der Waals surface area contributed by atoms with Gasteiger partial charge in [0.1, 0.15) is 11.4 Å². The molecule has 0 radical (unpaired) electrons. The minimum atomic E-state index is -0.463. The normalized spacial score (nSPS) is 11.4. The Hall–Kier alpha value is -2.71. The maximum atomic E-state index is 13.1. The molecule has 0 saturated carbocycles. The molecular formula is C20H12Br2FN3O2. The summed E-state index contributed by atoms with van der Waals surface area (Å²) in [7, 11) is 0. The van der Waals surface area contributed by atoms with Crippen LogP contribution in [0.3, 0.4) is 0 Å². The first-order valence-corrected chi connectivity index (χ1v) is 9.75. The quantitative estimate of drug-likeness (QED) is 0.288. The first-order chi connectivity index (χ1) is 13.5. The molecule has 1 amide bonds. The third kappa shape index (κ3) is 3.79. The highest BCUT2D eigenvalue weighted by molar-refractivity contribution is 9.11. The minimum Gasteiger partial charge on any atom is -0.450 e. The lowest BCUT2D eigenvalue weighted by Gasteiger charge is -2.05. The van der Waals surface area contributed by atoms with E-state index >= 15 is 0 Å². The van der Waals surface area contributed by atoms with Crippen molar-refractivity contribution >= 4 is 55.0 Å². The molecule has 1 N–H and O–H groups in total. The van der Waals surface area contributed by atoms with E-state index in [9.17, 15) is 9.18 Å². The zero-order valence-electron chi connectivity index (χ0n) is 14.2. The lowest BCUT2D eigenvalue weighted by atomic mass is 10.2. The van der Waals surface area contributed by atoms with E-state index in [1.54, 1.807) is 18.2 Å². The topological polar surface area (TPSA) is 59.5 Å². The molecule has 2 aromatic heterocycles. The molecular weight excluding hydrogens is 493 g/mol. The van der Waals surface area contributed by atoms with Crippen molar-refractivity contribution in [2.45, 2.75) is 0 Å². The summed E-state index contributed by atoms with van der Waals surface area (Å²) in [6.45, 7) is 0. The number of rotatable bonds is 4. The van der Waals surface area contributed by atoms with E-state index in [1.165, 1.54) is 18.3 Å². The van der Waals surface area contributed by atoms with Crippen LogP contribution < -0.4 is 5.43 Å². The number of nitrogens with one attached hydrogen (secondary N) is 1. The van der Waals surface area contributed by atoms with E-state index in [1.807, 2.05) is 35.0 Å². The Kier molecular flexibility index (Phi) is 5.15. The Morgan fingerprint density at radius 3 is 2.71 bits per heavy atom. The molecule has 5 nitrogen and oxygen atoms in total. The molecule has 8 heteroatoms. The third-order valence-electron chi connectivity index (χ3n) is 4.01. The molecule has 0 bridgehead atoms. The van der Waals surface area contributed by atoms with Crippen molar-refractivity contribution in [2.24, 2.45) is 5.10 Å². The number of furan rings is 1. The number of nitrogens with zero attached hydrogens (tertiary/aromatic N) is 2. The summed E-state index contributed by atoms with van der Waals surface area (Å²) in [6.07, 6.45) is 3.33. The third-order valence-corrected chi connectivity index (χ3v) is 5.05. The summed E-state index contributed by atoms with van der Waals surface area (Å²) in [5.74, 6) is -0.613. The maximum Gasteiger partial charge on any atom is 0.307 e. The van der Waals surface area contributed by atoms with Gasteiger partial charge < -0.3 is 8.98 Å². The zero-order valence-corrected chi connectivity index (χ0v) is 17.4. The molecule has 4 aromatic rings. The summed E-state index contributed by atoms with van der Waals surface area (Å²) in [6, 6.07) is 15.1. The van der Waals surface area contributed by atoms with Crippen LogP contribution in [-0.4, -0.2) is 16.7 Å². The Morgan fingerprint density at radius 1 is 1.14 bits per heavy atom. The number of carbonyl (C=O) groups excluding carboxylic acids is 1. The minimum absolute atomic E-state index is 0.153. The number of hydrogen-bond acceptors (Lipinski definition) is 3. The van der Waals surface area contributed by atoms with Gasteiger partial charge in [-0.25, -0.2) is 9.82 Å². The summed E-state index contributed by atoms with van der Waals surface area (Å²) < 4.78 is 22.2. The molecule has 0 aliphatic heterocycles. The fraction of sp³-hybridized carbons (Fsp3) is 0. The standard InChI is InChI=1S/C20H12Br2FN3O2/c21-13-8-12-9-18(28-19(12)17(22)10-13)20(27)25-24-11-16-2-1-7-26(16)15-5-3-14(23)4-6-15/h1-11H,(H,25,27)/b24-11-. The van der Waals surface area contributed by atoms with Gasteiger partial charge in [-0.3, -0.25) is 4.79 Å². The van der Waals surface area contributed by atoms with E-state index in [0.717, 1.165) is 25.7 Å². The zero-order chi connectivity index (χ0) is 19.7. The fourth-order valence-corrected chi connectivity index (χ4v) is 4.08. The van der Waals surface area contributed by atoms with Crippen LogP contribution >= 0.6 is 31.9 Å². The van der Waals surface area contributed by atoms with Gasteiger partial charge in [0, 0.05) is 21.7 Å². The van der Waals surface area contributed by atoms with Crippen LogP contribution in [0.4, 0.5) is 4.39 Å². The molecule has 2 aromatic carbocycles. The molecule has 4 rings (SSSR count). The highest BCUT2D eigenvalue weighted by Crippen LogP contribution is 2.30. The highest BCUT2D eigenvalue weighted by atomic mass is 79.9. The van der Waals surface area contributed by atoms with Crippen LogP contribution in [0, 0.1) is 5.82 Å². The van der Waals surface area contributed by atoms with Crippen molar-refractivity contribution < 1.29 is 13.6 Å². The molecule has 0 saturated heterocycles. The Labute approximate surface area is 176 Å². The summed E-state index contributed by atoms with van der Waals surface area (Å²) in [4.78, 5) is 12.3. The van der Waals surface area contributed by atoms with Crippen LogP contribution in [0.25, 0.3) is 16.7 Å². The van der Waals surface area contributed by atoms with Crippen molar-refractivity contribution in [1.82, 2.24) is 9.99 Å². The fourth-order valence-electron chi connectivity index (χ4n) is 2.74. The van der Waals surface area contributed by atoms with Crippen LogP contribution in [-0.2, 0) is 0 Å². The number of carbonyl (C=O) groups is 1. The van der Waals surface area contributed by atoms with Crippen molar-refractivity contribution in [1.29, 1.82) is 0 Å². The van der Waals surface area contributed by atoms with Crippen molar-refractivity contribution in [2.75, 3.05) is 0 Å². The maximum absolute atomic E-state index is 13.1. The molecule has 0 unspecified atom stereocenters. The van der Waals surface area contributed by atoms with Gasteiger partial charge in [-0.1, -0.05) is 15.9 Å². The molecule has 0 aliphatic rings. The molecule has 0 atom stereocenters. The second-order valence-corrected chi connectivity index (χ2v) is 7.67. The largest absolute Gasteiger partial charge is 0.450 e. The second-order valence-electron chi connectivity index (χ2n) is 5.90. The van der Waals surface area contributed by atoms with Crippen LogP contribution in [0.5, 0.6) is 0 Å².